The van der Waals surface area contributed by atoms with Crippen molar-refractivity contribution in [1.82, 2.24) is 0 Å². The van der Waals surface area contributed by atoms with Gasteiger partial charge in [-0.2, -0.15) is 0 Å². The summed E-state index contributed by atoms with van der Waals surface area (Å²) < 4.78 is 2.24. The molecule has 0 aromatic heterocycles. The minimum atomic E-state index is -0.815. The van der Waals surface area contributed by atoms with Crippen LogP contribution in [0.3, 0.4) is 0 Å². The summed E-state index contributed by atoms with van der Waals surface area (Å²) in [6.07, 6.45) is 0. The average Bonchev–Trinajstić information content (AvgIpc) is 1.30. The van der Waals surface area contributed by atoms with Crippen molar-refractivity contribution in [3.8, 4) is 0 Å². The van der Waals surface area contributed by atoms with E-state index in [1.165, 1.54) is 22.5 Å². The summed E-state index contributed by atoms with van der Waals surface area (Å²) in [6.45, 7) is 7.02. The summed E-state index contributed by atoms with van der Waals surface area (Å²) in [5.41, 5.74) is 2.37. The zero-order chi connectivity index (χ0) is 5.91. The van der Waals surface area contributed by atoms with Crippen molar-refractivity contribution in [1.29, 1.82) is 0 Å². The summed E-state index contributed by atoms with van der Waals surface area (Å²) in [5.74, 6) is 0. The van der Waals surface area contributed by atoms with Gasteiger partial charge in [-0.25, -0.2) is 0 Å². The third kappa shape index (κ3) is 6.76. The van der Waals surface area contributed by atoms with Crippen LogP contribution in [-0.2, 0) is 0 Å². The Bertz CT molecular complexity index is 70.6. The van der Waals surface area contributed by atoms with Crippen LogP contribution in [0.25, 0.3) is 0 Å². The fourth-order valence-corrected chi connectivity index (χ4v) is 5.03. The van der Waals surface area contributed by atoms with E-state index in [-0.39, 0.29) is 0 Å². The Kier molecular flexibility index (Phi) is 3.23. The average molecular weight is 218 g/mol. The second-order valence-corrected chi connectivity index (χ2v) is 8.72. The Morgan fingerprint density at radius 1 is 1.29 bits per heavy atom. The molecule has 7 heavy (non-hydrogen) atoms. The monoisotopic (exact) mass is 219 g/mol. The van der Waals surface area contributed by atoms with Gasteiger partial charge in [-0.05, 0) is 0 Å². The van der Waals surface area contributed by atoms with Crippen LogP contribution >= 0.6 is 0 Å². The predicted octanol–water partition coefficient (Wildman–Crippen LogP) is 1.55. The molecule has 0 saturated heterocycles. The van der Waals surface area contributed by atoms with Gasteiger partial charge in [0.1, 0.15) is 0 Å². The minimum absolute atomic E-state index is 0.815. The third-order valence-electron chi connectivity index (χ3n) is 0.583. The van der Waals surface area contributed by atoms with Gasteiger partial charge in [0.2, 0.25) is 0 Å². The van der Waals surface area contributed by atoms with Crippen molar-refractivity contribution >= 4 is 30.6 Å². The van der Waals surface area contributed by atoms with Crippen LogP contribution in [0, 0.1) is 0 Å². The topological polar surface area (TPSA) is 0 Å². The van der Waals surface area contributed by atoms with Crippen LogP contribution < -0.4 is 0 Å². The second-order valence-electron chi connectivity index (χ2n) is 2.70. The molecule has 0 aromatic rings. The Morgan fingerprint density at radius 2 is 1.71 bits per heavy atom. The SMILES string of the molecule is C[Si](C)(C)C=[CH][Sn]. The molecule has 2 heteroatoms. The molecule has 0 aromatic carbocycles. The molecule has 0 bridgehead atoms. The van der Waals surface area contributed by atoms with Crippen molar-refractivity contribution in [3.05, 3.63) is 9.79 Å². The standard InChI is InChI=1S/C5H11Si.Sn/c1-5-6(2,3)4;/h1,5H,2-4H3;. The molecule has 0 aliphatic heterocycles. The van der Waals surface area contributed by atoms with Gasteiger partial charge >= 0.3 is 60.0 Å². The van der Waals surface area contributed by atoms with E-state index in [2.05, 4.69) is 29.4 Å². The van der Waals surface area contributed by atoms with E-state index in [0.29, 0.717) is 0 Å². The molecular formula is C5H11SiSn. The van der Waals surface area contributed by atoms with Gasteiger partial charge in [0, 0.05) is 0 Å². The van der Waals surface area contributed by atoms with Gasteiger partial charge in [0.05, 0.1) is 0 Å². The van der Waals surface area contributed by atoms with Gasteiger partial charge in [0.25, 0.3) is 0 Å². The van der Waals surface area contributed by atoms with Crippen LogP contribution in [0.1, 0.15) is 0 Å². The Morgan fingerprint density at radius 3 is 1.71 bits per heavy atom. The van der Waals surface area contributed by atoms with E-state index in [4.69, 9.17) is 0 Å². The second kappa shape index (κ2) is 2.92. The maximum absolute atomic E-state index is 2.37. The van der Waals surface area contributed by atoms with E-state index in [9.17, 15) is 0 Å². The van der Waals surface area contributed by atoms with E-state index in [1.54, 1.807) is 0 Å². The molecule has 0 heterocycles. The summed E-state index contributed by atoms with van der Waals surface area (Å²) in [4.78, 5) is 0. The van der Waals surface area contributed by atoms with Crippen LogP contribution in [0.2, 0.25) is 19.6 Å². The molecule has 0 saturated carbocycles. The molecule has 0 N–H and O–H groups in total. The van der Waals surface area contributed by atoms with Crippen LogP contribution in [0.5, 0.6) is 0 Å². The van der Waals surface area contributed by atoms with Crippen LogP contribution in [-0.4, -0.2) is 30.6 Å². The van der Waals surface area contributed by atoms with E-state index in [1.807, 2.05) is 0 Å². The predicted molar refractivity (Wildman–Crippen MR) is 38.2 cm³/mol. The number of rotatable bonds is 1. The fraction of sp³-hybridized carbons (Fsp3) is 0.600. The molecule has 0 spiro atoms. The molecule has 0 aliphatic carbocycles. The van der Waals surface area contributed by atoms with Crippen molar-refractivity contribution in [2.24, 2.45) is 0 Å². The Hall–Kier alpha value is 0.756. The van der Waals surface area contributed by atoms with Crippen molar-refractivity contribution < 1.29 is 0 Å². The molecule has 0 aliphatic rings. The maximum atomic E-state index is 2.37. The molecule has 0 nitrogen and oxygen atoms in total. The van der Waals surface area contributed by atoms with Gasteiger partial charge in [0.15, 0.2) is 0 Å². The molecule has 0 atom stereocenters. The van der Waals surface area contributed by atoms with E-state index in [0.717, 1.165) is 0 Å². The first-order valence-electron chi connectivity index (χ1n) is 2.41. The molecular weight excluding hydrogens is 207 g/mol. The molecule has 0 rings (SSSR count). The summed E-state index contributed by atoms with van der Waals surface area (Å²) in [7, 11) is -0.815. The van der Waals surface area contributed by atoms with Gasteiger partial charge in [-0.3, -0.25) is 0 Å². The molecule has 0 amide bonds. The van der Waals surface area contributed by atoms with Crippen LogP contribution in [0.15, 0.2) is 9.79 Å². The summed E-state index contributed by atoms with van der Waals surface area (Å²) in [6, 6.07) is 0. The zero-order valence-corrected chi connectivity index (χ0v) is 9.01. The summed E-state index contributed by atoms with van der Waals surface area (Å²) >= 11 is 1.53. The number of hydrogen-bond acceptors (Lipinski definition) is 0. The van der Waals surface area contributed by atoms with E-state index < -0.39 is 8.07 Å². The normalized spacial score (nSPS) is 13.1. The first-order valence-corrected chi connectivity index (χ1v) is 7.64. The molecule has 0 unspecified atom stereocenters. The van der Waals surface area contributed by atoms with Crippen molar-refractivity contribution in [3.63, 3.8) is 0 Å². The van der Waals surface area contributed by atoms with Crippen molar-refractivity contribution in [2.45, 2.75) is 19.6 Å². The number of hydrogen-bond donors (Lipinski definition) is 0. The first-order chi connectivity index (χ1) is 3.06. The molecule has 3 radical (unpaired) electrons. The van der Waals surface area contributed by atoms with Crippen LogP contribution in [0.4, 0.5) is 0 Å². The van der Waals surface area contributed by atoms with Crippen molar-refractivity contribution in [2.75, 3.05) is 0 Å². The molecule has 0 fully saturated rings. The van der Waals surface area contributed by atoms with Gasteiger partial charge in [-0.1, -0.05) is 0 Å². The van der Waals surface area contributed by atoms with E-state index >= 15 is 0 Å². The third-order valence-corrected chi connectivity index (χ3v) is 3.18. The fourth-order valence-electron chi connectivity index (χ4n) is 0.250. The zero-order valence-electron chi connectivity index (χ0n) is 5.15. The summed E-state index contributed by atoms with van der Waals surface area (Å²) in [5, 5.41) is 0. The van der Waals surface area contributed by atoms with Gasteiger partial charge < -0.3 is 0 Å². The quantitative estimate of drug-likeness (QED) is 0.585. The van der Waals surface area contributed by atoms with Gasteiger partial charge in [-0.15, -0.1) is 0 Å². The first kappa shape index (κ1) is 7.76. The molecule has 39 valence electrons. The Balaban J connectivity index is 3.56. The Labute approximate surface area is 60.1 Å².